The molecule has 0 spiro atoms. The zero-order chi connectivity index (χ0) is 20.5. The van der Waals surface area contributed by atoms with Crippen molar-refractivity contribution in [3.63, 3.8) is 0 Å². The number of benzene rings is 2. The molecule has 2 amide bonds. The van der Waals surface area contributed by atoms with Crippen LogP contribution >= 0.6 is 11.6 Å². The number of hydrogen-bond donors (Lipinski definition) is 2. The molecule has 0 fully saturated rings. The van der Waals surface area contributed by atoms with Crippen LogP contribution in [0.15, 0.2) is 36.4 Å². The summed E-state index contributed by atoms with van der Waals surface area (Å²) in [5, 5.41) is 0.403. The van der Waals surface area contributed by atoms with E-state index in [0.29, 0.717) is 34.4 Å². The summed E-state index contributed by atoms with van der Waals surface area (Å²) in [5.74, 6) is 0.358. The van der Waals surface area contributed by atoms with Crippen LogP contribution in [0.5, 0.6) is 17.2 Å². The van der Waals surface area contributed by atoms with Crippen molar-refractivity contribution in [3.05, 3.63) is 52.5 Å². The maximum Gasteiger partial charge on any atom is 0.276 e. The molecule has 2 rings (SSSR count). The number of nitrogens with one attached hydrogen (secondary N) is 2. The Morgan fingerprint density at radius 1 is 1.00 bits per heavy atom. The first-order valence-electron chi connectivity index (χ1n) is 8.73. The summed E-state index contributed by atoms with van der Waals surface area (Å²) in [5.41, 5.74) is 5.88. The summed E-state index contributed by atoms with van der Waals surface area (Å²) >= 11 is 6.01. The highest BCUT2D eigenvalue weighted by atomic mass is 35.5. The average Bonchev–Trinajstić information content (AvgIpc) is 2.70. The van der Waals surface area contributed by atoms with Gasteiger partial charge in [0.15, 0.2) is 18.1 Å². The second-order valence-electron chi connectivity index (χ2n) is 5.94. The topological polar surface area (TPSA) is 85.9 Å². The van der Waals surface area contributed by atoms with Gasteiger partial charge in [-0.05, 0) is 49.2 Å². The smallest absolute Gasteiger partial charge is 0.276 e. The fourth-order valence-electron chi connectivity index (χ4n) is 2.24. The summed E-state index contributed by atoms with van der Waals surface area (Å²) in [6.45, 7) is 4.13. The predicted molar refractivity (Wildman–Crippen MR) is 106 cm³/mol. The number of halogens is 1. The summed E-state index contributed by atoms with van der Waals surface area (Å²) in [6.07, 6.45) is 0.854. The van der Waals surface area contributed by atoms with Crippen LogP contribution in [0, 0.1) is 6.92 Å². The summed E-state index contributed by atoms with van der Waals surface area (Å²) in [7, 11) is 1.49. The van der Waals surface area contributed by atoms with Gasteiger partial charge < -0.3 is 14.2 Å². The first kappa shape index (κ1) is 21.4. The Morgan fingerprint density at radius 2 is 1.79 bits per heavy atom. The van der Waals surface area contributed by atoms with E-state index in [4.69, 9.17) is 25.8 Å². The lowest BCUT2D eigenvalue weighted by molar-refractivity contribution is -0.123. The molecule has 0 saturated carbocycles. The van der Waals surface area contributed by atoms with Crippen molar-refractivity contribution in [2.45, 2.75) is 20.3 Å². The Morgan fingerprint density at radius 3 is 2.50 bits per heavy atom. The van der Waals surface area contributed by atoms with E-state index in [1.165, 1.54) is 13.2 Å². The van der Waals surface area contributed by atoms with Crippen LogP contribution < -0.4 is 25.1 Å². The number of carbonyl (C=O) groups excluding carboxylic acids is 2. The number of hydrogen-bond acceptors (Lipinski definition) is 5. The Balaban J connectivity index is 1.88. The largest absolute Gasteiger partial charge is 0.493 e. The predicted octanol–water partition coefficient (Wildman–Crippen LogP) is 3.29. The van der Waals surface area contributed by atoms with E-state index in [1.54, 1.807) is 24.3 Å². The lowest BCUT2D eigenvalue weighted by atomic mass is 10.2. The molecular formula is C20H23ClN2O5. The molecule has 0 aliphatic rings. The molecule has 2 aromatic carbocycles. The summed E-state index contributed by atoms with van der Waals surface area (Å²) in [6, 6.07) is 10.0. The van der Waals surface area contributed by atoms with Crippen LogP contribution in [-0.4, -0.2) is 32.1 Å². The van der Waals surface area contributed by atoms with E-state index < -0.39 is 11.8 Å². The lowest BCUT2D eigenvalue weighted by Crippen LogP contribution is -2.43. The minimum atomic E-state index is -0.527. The van der Waals surface area contributed by atoms with Gasteiger partial charge in [0.05, 0.1) is 18.7 Å². The van der Waals surface area contributed by atoms with Gasteiger partial charge in [-0.2, -0.15) is 0 Å². The van der Waals surface area contributed by atoms with Crippen LogP contribution in [0.2, 0.25) is 5.02 Å². The fraction of sp³-hybridized carbons (Fsp3) is 0.300. The minimum absolute atomic E-state index is 0.295. The molecule has 0 atom stereocenters. The molecule has 0 aliphatic heterocycles. The monoisotopic (exact) mass is 406 g/mol. The Labute approximate surface area is 168 Å². The number of amides is 2. The van der Waals surface area contributed by atoms with Crippen molar-refractivity contribution in [1.82, 2.24) is 10.9 Å². The van der Waals surface area contributed by atoms with E-state index in [-0.39, 0.29) is 6.61 Å². The summed E-state index contributed by atoms with van der Waals surface area (Å²) < 4.78 is 16.2. The average molecular weight is 407 g/mol. The van der Waals surface area contributed by atoms with Gasteiger partial charge in [0.2, 0.25) is 0 Å². The zero-order valence-corrected chi connectivity index (χ0v) is 16.8. The van der Waals surface area contributed by atoms with Crippen LogP contribution in [0.1, 0.15) is 29.3 Å². The summed E-state index contributed by atoms with van der Waals surface area (Å²) in [4.78, 5) is 24.1. The van der Waals surface area contributed by atoms with E-state index >= 15 is 0 Å². The molecule has 0 unspecified atom stereocenters. The molecule has 8 heteroatoms. The number of rotatable bonds is 8. The molecule has 0 aromatic heterocycles. The van der Waals surface area contributed by atoms with Gasteiger partial charge >= 0.3 is 0 Å². The first-order chi connectivity index (χ1) is 13.4. The number of hydrazine groups is 1. The van der Waals surface area contributed by atoms with E-state index in [2.05, 4.69) is 10.9 Å². The van der Waals surface area contributed by atoms with Gasteiger partial charge in [0.1, 0.15) is 5.75 Å². The minimum Gasteiger partial charge on any atom is -0.493 e. The quantitative estimate of drug-likeness (QED) is 0.657. The molecule has 0 radical (unpaired) electrons. The van der Waals surface area contributed by atoms with E-state index in [0.717, 1.165) is 12.0 Å². The first-order valence-corrected chi connectivity index (χ1v) is 9.11. The lowest BCUT2D eigenvalue weighted by Gasteiger charge is -2.12. The Hall–Kier alpha value is -2.93. The van der Waals surface area contributed by atoms with Crippen molar-refractivity contribution in [1.29, 1.82) is 0 Å². The highest BCUT2D eigenvalue weighted by molar-refractivity contribution is 6.32. The molecule has 0 heterocycles. The maximum atomic E-state index is 12.2. The number of carbonyl (C=O) groups is 2. The molecular weight excluding hydrogens is 384 g/mol. The number of methoxy groups -OCH3 is 1. The van der Waals surface area contributed by atoms with Crippen molar-refractivity contribution >= 4 is 23.4 Å². The third-order valence-electron chi connectivity index (χ3n) is 3.65. The standard InChI is InChI=1S/C20H23ClN2O5/c1-4-9-27-16-8-6-14(11-18(16)26-3)20(25)23-22-19(24)12-28-17-10-13(2)5-7-15(17)21/h5-8,10-11H,4,9,12H2,1-3H3,(H,22,24)(H,23,25). The van der Waals surface area contributed by atoms with Gasteiger partial charge in [0.25, 0.3) is 11.8 Å². The molecule has 28 heavy (non-hydrogen) atoms. The van der Waals surface area contributed by atoms with E-state index in [1.807, 2.05) is 19.9 Å². The van der Waals surface area contributed by atoms with Crippen molar-refractivity contribution < 1.29 is 23.8 Å². The van der Waals surface area contributed by atoms with Gasteiger partial charge in [0, 0.05) is 5.56 Å². The molecule has 0 saturated heterocycles. The van der Waals surface area contributed by atoms with Crippen LogP contribution in [-0.2, 0) is 4.79 Å². The molecule has 2 aromatic rings. The SMILES string of the molecule is CCCOc1ccc(C(=O)NNC(=O)COc2cc(C)ccc2Cl)cc1OC. The molecule has 0 bridgehead atoms. The molecule has 0 aliphatic carbocycles. The van der Waals surface area contributed by atoms with Crippen LogP contribution in [0.3, 0.4) is 0 Å². The van der Waals surface area contributed by atoms with Crippen LogP contribution in [0.25, 0.3) is 0 Å². The normalized spacial score (nSPS) is 10.1. The third-order valence-corrected chi connectivity index (χ3v) is 3.96. The van der Waals surface area contributed by atoms with E-state index in [9.17, 15) is 9.59 Å². The van der Waals surface area contributed by atoms with Crippen molar-refractivity contribution in [2.24, 2.45) is 0 Å². The van der Waals surface area contributed by atoms with Crippen molar-refractivity contribution in [2.75, 3.05) is 20.3 Å². The van der Waals surface area contributed by atoms with Gasteiger partial charge in [-0.1, -0.05) is 24.6 Å². The number of aryl methyl sites for hydroxylation is 1. The highest BCUT2D eigenvalue weighted by Crippen LogP contribution is 2.28. The van der Waals surface area contributed by atoms with Crippen LogP contribution in [0.4, 0.5) is 0 Å². The molecule has 2 N–H and O–H groups in total. The van der Waals surface area contributed by atoms with Gasteiger partial charge in [-0.25, -0.2) is 0 Å². The van der Waals surface area contributed by atoms with Crippen molar-refractivity contribution in [3.8, 4) is 17.2 Å². The second-order valence-corrected chi connectivity index (χ2v) is 6.35. The maximum absolute atomic E-state index is 12.2. The third kappa shape index (κ3) is 6.06. The van der Waals surface area contributed by atoms with Gasteiger partial charge in [-0.15, -0.1) is 0 Å². The molecule has 7 nitrogen and oxygen atoms in total. The second kappa shape index (κ2) is 10.4. The fourth-order valence-corrected chi connectivity index (χ4v) is 2.41. The Kier molecular flexibility index (Phi) is 7.95. The highest BCUT2D eigenvalue weighted by Gasteiger charge is 2.13. The number of ether oxygens (including phenoxy) is 3. The molecule has 150 valence electrons. The Bertz CT molecular complexity index is 841. The zero-order valence-electron chi connectivity index (χ0n) is 16.0. The van der Waals surface area contributed by atoms with Gasteiger partial charge in [-0.3, -0.25) is 20.4 Å².